The predicted octanol–water partition coefficient (Wildman–Crippen LogP) is 1.38. The molecule has 1 aliphatic heterocycles. The van der Waals surface area contributed by atoms with Crippen LogP contribution < -0.4 is 11.0 Å². The minimum atomic E-state index is -0.0299. The maximum atomic E-state index is 11.9. The van der Waals surface area contributed by atoms with Gasteiger partial charge in [-0.2, -0.15) is 0 Å². The highest BCUT2D eigenvalue weighted by molar-refractivity contribution is 5.75. The van der Waals surface area contributed by atoms with Crippen molar-refractivity contribution in [3.63, 3.8) is 0 Å². The molecule has 4 nitrogen and oxygen atoms in total. The van der Waals surface area contributed by atoms with Gasteiger partial charge < -0.3 is 10.3 Å². The zero-order valence-electron chi connectivity index (χ0n) is 8.81. The minimum Gasteiger partial charge on any atom is -0.391 e. The van der Waals surface area contributed by atoms with Crippen molar-refractivity contribution in [3.05, 3.63) is 47.0 Å². The molecule has 1 aromatic carbocycles. The van der Waals surface area contributed by atoms with E-state index in [1.54, 1.807) is 0 Å². The van der Waals surface area contributed by atoms with E-state index in [4.69, 9.17) is 0 Å². The summed E-state index contributed by atoms with van der Waals surface area (Å²) in [5.74, 6) is 0. The fourth-order valence-corrected chi connectivity index (χ4v) is 2.21. The summed E-state index contributed by atoms with van der Waals surface area (Å²) in [6.07, 6.45) is 4.89. The molecule has 0 fully saturated rings. The standard InChI is InChI=1S/C12H13N3O/c16-12-14-10-3-1-2-4-11(10)15(12)9-5-7-13-8-6-9/h1-5,7,9,13H,6,8H2,(H,14,16). The van der Waals surface area contributed by atoms with Crippen molar-refractivity contribution in [1.82, 2.24) is 14.9 Å². The first-order chi connectivity index (χ1) is 7.86. The highest BCUT2D eigenvalue weighted by atomic mass is 16.1. The maximum Gasteiger partial charge on any atom is 0.327 e. The Labute approximate surface area is 92.6 Å². The number of hydrogen-bond acceptors (Lipinski definition) is 2. The third-order valence-corrected chi connectivity index (χ3v) is 2.98. The van der Waals surface area contributed by atoms with Gasteiger partial charge in [0.05, 0.1) is 17.1 Å². The monoisotopic (exact) mass is 215 g/mol. The van der Waals surface area contributed by atoms with E-state index in [0.717, 1.165) is 24.0 Å². The van der Waals surface area contributed by atoms with Gasteiger partial charge in [-0.05, 0) is 30.8 Å². The van der Waals surface area contributed by atoms with Crippen molar-refractivity contribution in [1.29, 1.82) is 0 Å². The number of nitrogens with zero attached hydrogens (tertiary/aromatic N) is 1. The summed E-state index contributed by atoms with van der Waals surface area (Å²) in [4.78, 5) is 14.8. The van der Waals surface area contributed by atoms with Crippen molar-refractivity contribution in [2.24, 2.45) is 0 Å². The van der Waals surface area contributed by atoms with Crippen molar-refractivity contribution in [2.45, 2.75) is 12.5 Å². The lowest BCUT2D eigenvalue weighted by molar-refractivity contribution is 0.522. The zero-order chi connectivity index (χ0) is 11.0. The smallest absolute Gasteiger partial charge is 0.327 e. The molecule has 1 aliphatic rings. The highest BCUT2D eigenvalue weighted by Gasteiger charge is 2.15. The number of fused-ring (bicyclic) bond motifs is 1. The Morgan fingerprint density at radius 3 is 3.00 bits per heavy atom. The van der Waals surface area contributed by atoms with Crippen LogP contribution in [0.2, 0.25) is 0 Å². The quantitative estimate of drug-likeness (QED) is 0.755. The number of imidazole rings is 1. The molecule has 0 bridgehead atoms. The first kappa shape index (κ1) is 9.27. The van der Waals surface area contributed by atoms with E-state index in [1.807, 2.05) is 41.1 Å². The molecular weight excluding hydrogens is 202 g/mol. The summed E-state index contributed by atoms with van der Waals surface area (Å²) in [7, 11) is 0. The molecule has 16 heavy (non-hydrogen) atoms. The molecule has 1 unspecified atom stereocenters. The predicted molar refractivity (Wildman–Crippen MR) is 63.4 cm³/mol. The Morgan fingerprint density at radius 1 is 1.31 bits per heavy atom. The maximum absolute atomic E-state index is 11.9. The van der Waals surface area contributed by atoms with Gasteiger partial charge in [0.15, 0.2) is 0 Å². The van der Waals surface area contributed by atoms with Gasteiger partial charge in [0.2, 0.25) is 0 Å². The second-order valence-electron chi connectivity index (χ2n) is 3.99. The molecule has 1 atom stereocenters. The molecule has 82 valence electrons. The second kappa shape index (κ2) is 3.56. The van der Waals surface area contributed by atoms with Crippen LogP contribution in [-0.2, 0) is 0 Å². The molecular formula is C12H13N3O. The van der Waals surface area contributed by atoms with Gasteiger partial charge in [-0.15, -0.1) is 0 Å². The normalized spacial score (nSPS) is 19.9. The fourth-order valence-electron chi connectivity index (χ4n) is 2.21. The van der Waals surface area contributed by atoms with Crippen molar-refractivity contribution < 1.29 is 0 Å². The van der Waals surface area contributed by atoms with Crippen LogP contribution in [0.5, 0.6) is 0 Å². The first-order valence-electron chi connectivity index (χ1n) is 5.45. The number of hydrogen-bond donors (Lipinski definition) is 2. The third kappa shape index (κ3) is 1.34. The molecule has 4 heteroatoms. The first-order valence-corrected chi connectivity index (χ1v) is 5.45. The average Bonchev–Trinajstić information content (AvgIpc) is 2.66. The molecule has 2 aromatic rings. The Hall–Kier alpha value is -1.97. The van der Waals surface area contributed by atoms with Gasteiger partial charge in [-0.3, -0.25) is 4.57 Å². The van der Waals surface area contributed by atoms with Crippen LogP contribution in [0.3, 0.4) is 0 Å². The molecule has 0 aliphatic carbocycles. The zero-order valence-corrected chi connectivity index (χ0v) is 8.81. The lowest BCUT2D eigenvalue weighted by Crippen LogP contribution is -2.26. The number of aromatic amines is 1. The number of para-hydroxylation sites is 2. The second-order valence-corrected chi connectivity index (χ2v) is 3.99. The van der Waals surface area contributed by atoms with Crippen LogP contribution in [-0.4, -0.2) is 16.1 Å². The van der Waals surface area contributed by atoms with E-state index < -0.39 is 0 Å². The summed E-state index contributed by atoms with van der Waals surface area (Å²) >= 11 is 0. The number of H-pyrrole nitrogens is 1. The average molecular weight is 215 g/mol. The molecule has 0 amide bonds. The number of nitrogens with one attached hydrogen (secondary N) is 2. The Bertz CT molecular complexity index is 594. The summed E-state index contributed by atoms with van der Waals surface area (Å²) in [5.41, 5.74) is 1.85. The van der Waals surface area contributed by atoms with Gasteiger partial charge in [0, 0.05) is 6.54 Å². The van der Waals surface area contributed by atoms with Crippen molar-refractivity contribution >= 4 is 11.0 Å². The van der Waals surface area contributed by atoms with Crippen molar-refractivity contribution in [3.8, 4) is 0 Å². The van der Waals surface area contributed by atoms with Crippen LogP contribution in [0.15, 0.2) is 41.3 Å². The Kier molecular flexibility index (Phi) is 2.06. The van der Waals surface area contributed by atoms with Gasteiger partial charge in [-0.1, -0.05) is 12.1 Å². The van der Waals surface area contributed by atoms with E-state index in [9.17, 15) is 4.79 Å². The molecule has 0 saturated heterocycles. The Morgan fingerprint density at radius 2 is 2.19 bits per heavy atom. The lowest BCUT2D eigenvalue weighted by atomic mass is 10.1. The molecule has 3 rings (SSSR count). The van der Waals surface area contributed by atoms with Gasteiger partial charge in [0.1, 0.15) is 0 Å². The van der Waals surface area contributed by atoms with Crippen LogP contribution in [0.25, 0.3) is 11.0 Å². The topological polar surface area (TPSA) is 49.8 Å². The largest absolute Gasteiger partial charge is 0.391 e. The molecule has 0 spiro atoms. The SMILES string of the molecule is O=c1[nH]c2ccccc2n1C1C=CNCC1. The van der Waals surface area contributed by atoms with Crippen molar-refractivity contribution in [2.75, 3.05) is 6.54 Å². The number of allylic oxidation sites excluding steroid dienone is 1. The lowest BCUT2D eigenvalue weighted by Gasteiger charge is -2.18. The van der Waals surface area contributed by atoms with Gasteiger partial charge in [0.25, 0.3) is 0 Å². The van der Waals surface area contributed by atoms with Gasteiger partial charge in [-0.25, -0.2) is 4.79 Å². The van der Waals surface area contributed by atoms with Crippen LogP contribution in [0.4, 0.5) is 0 Å². The van der Waals surface area contributed by atoms with E-state index in [-0.39, 0.29) is 11.7 Å². The molecule has 0 radical (unpaired) electrons. The Balaban J connectivity index is 2.22. The number of rotatable bonds is 1. The molecule has 1 aromatic heterocycles. The molecule has 2 heterocycles. The van der Waals surface area contributed by atoms with Gasteiger partial charge >= 0.3 is 5.69 Å². The van der Waals surface area contributed by atoms with E-state index >= 15 is 0 Å². The third-order valence-electron chi connectivity index (χ3n) is 2.98. The van der Waals surface area contributed by atoms with Crippen LogP contribution in [0.1, 0.15) is 12.5 Å². The van der Waals surface area contributed by atoms with E-state index in [1.165, 1.54) is 0 Å². The highest BCUT2D eigenvalue weighted by Crippen LogP contribution is 2.19. The summed E-state index contributed by atoms with van der Waals surface area (Å²) in [5, 5.41) is 3.14. The fraction of sp³-hybridized carbons (Fsp3) is 0.250. The van der Waals surface area contributed by atoms with E-state index in [0.29, 0.717) is 0 Å². The number of aromatic nitrogens is 2. The molecule has 0 saturated carbocycles. The minimum absolute atomic E-state index is 0.0299. The van der Waals surface area contributed by atoms with Crippen LogP contribution >= 0.6 is 0 Å². The number of benzene rings is 1. The van der Waals surface area contributed by atoms with E-state index in [2.05, 4.69) is 10.3 Å². The summed E-state index contributed by atoms with van der Waals surface area (Å²) in [6, 6.07) is 7.95. The summed E-state index contributed by atoms with van der Waals surface area (Å²) < 4.78 is 1.83. The van der Waals surface area contributed by atoms with Crippen LogP contribution in [0, 0.1) is 0 Å². The summed E-state index contributed by atoms with van der Waals surface area (Å²) in [6.45, 7) is 0.910. The molecule has 2 N–H and O–H groups in total.